The molecule has 0 unspecified atom stereocenters. The smallest absolute Gasteiger partial charge is 0.253 e. The van der Waals surface area contributed by atoms with Crippen molar-refractivity contribution in [2.75, 3.05) is 33.4 Å². The summed E-state index contributed by atoms with van der Waals surface area (Å²) in [6, 6.07) is 5.27. The molecule has 0 heterocycles. The van der Waals surface area contributed by atoms with Gasteiger partial charge >= 0.3 is 0 Å². The van der Waals surface area contributed by atoms with Crippen LogP contribution in [0.2, 0.25) is 5.02 Å². The average Bonchev–Trinajstić information content (AvgIpc) is 2.32. The van der Waals surface area contributed by atoms with E-state index in [1.54, 1.807) is 24.1 Å². The van der Waals surface area contributed by atoms with Gasteiger partial charge in [-0.25, -0.2) is 0 Å². The second kappa shape index (κ2) is 7.36. The molecule has 5 heteroatoms. The summed E-state index contributed by atoms with van der Waals surface area (Å²) in [4.78, 5) is 13.6. The molecule has 1 N–H and O–H groups in total. The third kappa shape index (κ3) is 4.64. The van der Waals surface area contributed by atoms with Crippen LogP contribution in [0.15, 0.2) is 18.2 Å². The summed E-state index contributed by atoms with van der Waals surface area (Å²) in [6.45, 7) is 3.06. The van der Waals surface area contributed by atoms with Crippen molar-refractivity contribution in [1.29, 1.82) is 0 Å². The third-order valence-electron chi connectivity index (χ3n) is 2.44. The number of aliphatic hydroxyl groups excluding tert-OH is 1. The largest absolute Gasteiger partial charge is 0.394 e. The van der Waals surface area contributed by atoms with E-state index in [1.807, 2.05) is 13.0 Å². The van der Waals surface area contributed by atoms with E-state index in [2.05, 4.69) is 0 Å². The standard InChI is InChI=1S/C13H18ClNO3/c1-10-7-11(9-12(14)8-10)13(17)15(2)3-5-18-6-4-16/h7-9,16H,3-6H2,1-2H3. The molecule has 0 fully saturated rings. The lowest BCUT2D eigenvalue weighted by Gasteiger charge is -2.17. The van der Waals surface area contributed by atoms with Gasteiger partial charge in [-0.2, -0.15) is 0 Å². The monoisotopic (exact) mass is 271 g/mol. The molecule has 1 rings (SSSR count). The van der Waals surface area contributed by atoms with E-state index in [9.17, 15) is 4.79 Å². The molecule has 0 aromatic heterocycles. The Labute approximate surface area is 112 Å². The number of carbonyl (C=O) groups excluding carboxylic acids is 1. The number of hydrogen-bond acceptors (Lipinski definition) is 3. The predicted molar refractivity (Wildman–Crippen MR) is 71.1 cm³/mol. The quantitative estimate of drug-likeness (QED) is 0.802. The minimum Gasteiger partial charge on any atom is -0.394 e. The molecule has 0 saturated heterocycles. The number of aryl methyl sites for hydroxylation is 1. The molecule has 1 aromatic carbocycles. The zero-order valence-corrected chi connectivity index (χ0v) is 11.4. The van der Waals surface area contributed by atoms with Crippen molar-refractivity contribution in [3.63, 3.8) is 0 Å². The van der Waals surface area contributed by atoms with Crippen molar-refractivity contribution in [2.45, 2.75) is 6.92 Å². The number of carbonyl (C=O) groups is 1. The van der Waals surface area contributed by atoms with Gasteiger partial charge in [0.05, 0.1) is 19.8 Å². The van der Waals surface area contributed by atoms with E-state index < -0.39 is 0 Å². The molecule has 1 amide bonds. The second-order valence-corrected chi connectivity index (χ2v) is 4.52. The highest BCUT2D eigenvalue weighted by Gasteiger charge is 2.12. The van der Waals surface area contributed by atoms with Gasteiger partial charge in [0.1, 0.15) is 0 Å². The topological polar surface area (TPSA) is 49.8 Å². The fourth-order valence-corrected chi connectivity index (χ4v) is 1.84. The maximum absolute atomic E-state index is 12.1. The molecule has 100 valence electrons. The van der Waals surface area contributed by atoms with Crippen LogP contribution < -0.4 is 0 Å². The van der Waals surface area contributed by atoms with E-state index in [4.69, 9.17) is 21.4 Å². The molecular weight excluding hydrogens is 254 g/mol. The van der Waals surface area contributed by atoms with Crippen molar-refractivity contribution in [3.05, 3.63) is 34.3 Å². The molecule has 0 spiro atoms. The zero-order valence-electron chi connectivity index (χ0n) is 10.6. The summed E-state index contributed by atoms with van der Waals surface area (Å²) >= 11 is 5.92. The number of ether oxygens (including phenoxy) is 1. The number of hydrogen-bond donors (Lipinski definition) is 1. The fourth-order valence-electron chi connectivity index (χ4n) is 1.55. The van der Waals surface area contributed by atoms with Gasteiger partial charge in [-0.1, -0.05) is 11.6 Å². The zero-order chi connectivity index (χ0) is 13.5. The fraction of sp³-hybridized carbons (Fsp3) is 0.462. The van der Waals surface area contributed by atoms with Gasteiger partial charge in [0.2, 0.25) is 0 Å². The number of benzene rings is 1. The first kappa shape index (κ1) is 15.0. The maximum Gasteiger partial charge on any atom is 0.253 e. The average molecular weight is 272 g/mol. The summed E-state index contributed by atoms with van der Waals surface area (Å²) in [6.07, 6.45) is 0. The van der Waals surface area contributed by atoms with Gasteiger partial charge in [0, 0.05) is 24.2 Å². The molecule has 0 atom stereocenters. The van der Waals surface area contributed by atoms with Gasteiger partial charge in [-0.3, -0.25) is 4.79 Å². The van der Waals surface area contributed by atoms with Crippen LogP contribution in [-0.2, 0) is 4.74 Å². The Morgan fingerprint density at radius 3 is 2.72 bits per heavy atom. The Balaban J connectivity index is 2.57. The first-order valence-corrected chi connectivity index (χ1v) is 6.13. The van der Waals surface area contributed by atoms with Crippen molar-refractivity contribution >= 4 is 17.5 Å². The summed E-state index contributed by atoms with van der Waals surface area (Å²) in [5, 5.41) is 9.12. The summed E-state index contributed by atoms with van der Waals surface area (Å²) in [5.74, 6) is -0.0896. The number of aliphatic hydroxyl groups is 1. The molecule has 0 bridgehead atoms. The Kier molecular flexibility index (Phi) is 6.12. The van der Waals surface area contributed by atoms with Gasteiger partial charge in [0.25, 0.3) is 5.91 Å². The molecule has 0 radical (unpaired) electrons. The van der Waals surface area contributed by atoms with Crippen LogP contribution in [-0.4, -0.2) is 49.3 Å². The highest BCUT2D eigenvalue weighted by Crippen LogP contribution is 2.15. The van der Waals surface area contributed by atoms with Crippen LogP contribution in [0.25, 0.3) is 0 Å². The van der Waals surface area contributed by atoms with Crippen LogP contribution in [0.3, 0.4) is 0 Å². The van der Waals surface area contributed by atoms with Gasteiger partial charge < -0.3 is 14.7 Å². The van der Waals surface area contributed by atoms with Gasteiger partial charge in [-0.05, 0) is 30.7 Å². The van der Waals surface area contributed by atoms with Gasteiger partial charge in [-0.15, -0.1) is 0 Å². The third-order valence-corrected chi connectivity index (χ3v) is 2.66. The molecule has 0 aliphatic heterocycles. The minimum absolute atomic E-state index is 0.00878. The Morgan fingerprint density at radius 2 is 2.11 bits per heavy atom. The molecular formula is C13H18ClNO3. The highest BCUT2D eigenvalue weighted by atomic mass is 35.5. The Hall–Kier alpha value is -1.10. The summed E-state index contributed by atoms with van der Waals surface area (Å²) in [7, 11) is 1.71. The lowest BCUT2D eigenvalue weighted by atomic mass is 10.1. The Bertz CT molecular complexity index is 389. The van der Waals surface area contributed by atoms with Crippen molar-refractivity contribution in [3.8, 4) is 0 Å². The van der Waals surface area contributed by atoms with E-state index >= 15 is 0 Å². The number of likely N-dealkylation sites (N-methyl/N-ethyl adjacent to an activating group) is 1. The molecule has 0 aliphatic rings. The predicted octanol–water partition coefficient (Wildman–Crippen LogP) is 1.73. The van der Waals surface area contributed by atoms with E-state index in [0.29, 0.717) is 23.7 Å². The molecule has 1 aromatic rings. The Morgan fingerprint density at radius 1 is 1.39 bits per heavy atom. The first-order chi connectivity index (χ1) is 8.54. The number of amides is 1. The normalized spacial score (nSPS) is 10.4. The molecule has 4 nitrogen and oxygen atoms in total. The summed E-state index contributed by atoms with van der Waals surface area (Å²) in [5.41, 5.74) is 1.53. The number of halogens is 1. The summed E-state index contributed by atoms with van der Waals surface area (Å²) < 4.78 is 5.12. The lowest BCUT2D eigenvalue weighted by molar-refractivity contribution is 0.0618. The van der Waals surface area contributed by atoms with Crippen LogP contribution >= 0.6 is 11.6 Å². The number of rotatable bonds is 6. The van der Waals surface area contributed by atoms with Crippen molar-refractivity contribution in [2.24, 2.45) is 0 Å². The van der Waals surface area contributed by atoms with Crippen LogP contribution in [0.1, 0.15) is 15.9 Å². The van der Waals surface area contributed by atoms with Crippen molar-refractivity contribution in [1.82, 2.24) is 4.90 Å². The molecule has 18 heavy (non-hydrogen) atoms. The van der Waals surface area contributed by atoms with Crippen LogP contribution in [0.5, 0.6) is 0 Å². The van der Waals surface area contributed by atoms with Gasteiger partial charge in [0.15, 0.2) is 0 Å². The van der Waals surface area contributed by atoms with Crippen LogP contribution in [0, 0.1) is 6.92 Å². The first-order valence-electron chi connectivity index (χ1n) is 5.76. The van der Waals surface area contributed by atoms with Crippen LogP contribution in [0.4, 0.5) is 0 Å². The van der Waals surface area contributed by atoms with E-state index in [-0.39, 0.29) is 19.1 Å². The molecule has 0 aliphatic carbocycles. The molecule has 0 saturated carbocycles. The number of nitrogens with zero attached hydrogens (tertiary/aromatic N) is 1. The lowest BCUT2D eigenvalue weighted by Crippen LogP contribution is -2.30. The maximum atomic E-state index is 12.1. The van der Waals surface area contributed by atoms with E-state index in [0.717, 1.165) is 5.56 Å². The van der Waals surface area contributed by atoms with Crippen molar-refractivity contribution < 1.29 is 14.6 Å². The highest BCUT2D eigenvalue weighted by molar-refractivity contribution is 6.31. The SMILES string of the molecule is Cc1cc(Cl)cc(C(=O)N(C)CCOCCO)c1. The second-order valence-electron chi connectivity index (χ2n) is 4.08. The van der Waals surface area contributed by atoms with E-state index in [1.165, 1.54) is 0 Å². The minimum atomic E-state index is -0.0896.